The molecule has 0 radical (unpaired) electrons. The lowest BCUT2D eigenvalue weighted by Crippen LogP contribution is -2.38. The lowest BCUT2D eigenvalue weighted by Gasteiger charge is -2.34. The minimum absolute atomic E-state index is 0.558. The van der Waals surface area contributed by atoms with Crippen LogP contribution in [0.25, 0.3) is 0 Å². The molecule has 2 heterocycles. The van der Waals surface area contributed by atoms with Gasteiger partial charge in [0.1, 0.15) is 0 Å². The average Bonchev–Trinajstić information content (AvgIpc) is 2.81. The topological polar surface area (TPSA) is 28.2 Å². The summed E-state index contributed by atoms with van der Waals surface area (Å²) in [6, 6.07) is 0. The molecule has 0 saturated carbocycles. The third-order valence-corrected chi connectivity index (χ3v) is 5.40. The van der Waals surface area contributed by atoms with Gasteiger partial charge >= 0.3 is 0 Å². The van der Waals surface area contributed by atoms with E-state index in [0.29, 0.717) is 5.92 Å². The monoisotopic (exact) mass is 295 g/mol. The third kappa shape index (κ3) is 3.53. The lowest BCUT2D eigenvalue weighted by molar-refractivity contribution is 0.356. The summed E-state index contributed by atoms with van der Waals surface area (Å²) in [6.45, 7) is 12.5. The Morgan fingerprint density at radius 1 is 1.35 bits per heavy atom. The minimum Gasteiger partial charge on any atom is -0.348 e. The van der Waals surface area contributed by atoms with E-state index in [1.54, 1.807) is 0 Å². The van der Waals surface area contributed by atoms with Crippen molar-refractivity contribution in [3.8, 4) is 0 Å². The van der Waals surface area contributed by atoms with Crippen LogP contribution in [0.1, 0.15) is 57.0 Å². The summed E-state index contributed by atoms with van der Waals surface area (Å²) in [5, 5.41) is 4.53. The van der Waals surface area contributed by atoms with Crippen LogP contribution in [0.5, 0.6) is 0 Å². The summed E-state index contributed by atoms with van der Waals surface area (Å²) in [7, 11) is 2.02. The highest BCUT2D eigenvalue weighted by Gasteiger charge is 2.25. The summed E-state index contributed by atoms with van der Waals surface area (Å²) < 4.78 is 0. The number of nitrogens with zero attached hydrogens (tertiary/aromatic N) is 2. The zero-order chi connectivity index (χ0) is 14.7. The second-order valence-electron chi connectivity index (χ2n) is 6.50. The highest BCUT2D eigenvalue weighted by molar-refractivity contribution is 7.15. The second-order valence-corrected chi connectivity index (χ2v) is 7.56. The number of hydrogen-bond acceptors (Lipinski definition) is 4. The van der Waals surface area contributed by atoms with Gasteiger partial charge in [0.2, 0.25) is 0 Å². The van der Waals surface area contributed by atoms with E-state index in [0.717, 1.165) is 37.9 Å². The van der Waals surface area contributed by atoms with E-state index >= 15 is 0 Å². The Morgan fingerprint density at radius 3 is 2.55 bits per heavy atom. The van der Waals surface area contributed by atoms with Crippen molar-refractivity contribution in [3.63, 3.8) is 0 Å². The van der Waals surface area contributed by atoms with Crippen molar-refractivity contribution >= 4 is 16.5 Å². The van der Waals surface area contributed by atoms with Gasteiger partial charge in [-0.2, -0.15) is 0 Å². The number of piperidine rings is 1. The van der Waals surface area contributed by atoms with Gasteiger partial charge in [-0.15, -0.1) is 11.3 Å². The molecule has 20 heavy (non-hydrogen) atoms. The molecule has 4 heteroatoms. The van der Waals surface area contributed by atoms with E-state index in [1.165, 1.54) is 22.1 Å². The molecule has 0 amide bonds. The molecule has 2 rings (SSSR count). The van der Waals surface area contributed by atoms with Gasteiger partial charge in [0.15, 0.2) is 5.13 Å². The van der Waals surface area contributed by atoms with Gasteiger partial charge in [-0.25, -0.2) is 4.98 Å². The van der Waals surface area contributed by atoms with Crippen LogP contribution in [0, 0.1) is 11.8 Å². The summed E-state index contributed by atoms with van der Waals surface area (Å²) in [6.07, 6.45) is 2.51. The zero-order valence-electron chi connectivity index (χ0n) is 13.6. The fourth-order valence-corrected chi connectivity index (χ4v) is 4.38. The maximum Gasteiger partial charge on any atom is 0.185 e. The molecule has 1 aliphatic rings. The van der Waals surface area contributed by atoms with E-state index < -0.39 is 0 Å². The number of rotatable bonds is 5. The number of nitrogens with one attached hydrogen (secondary N) is 1. The molecule has 0 spiro atoms. The molecule has 114 valence electrons. The first-order chi connectivity index (χ1) is 9.55. The quantitative estimate of drug-likeness (QED) is 0.894. The van der Waals surface area contributed by atoms with Gasteiger partial charge in [0, 0.05) is 24.5 Å². The highest BCUT2D eigenvalue weighted by Crippen LogP contribution is 2.34. The number of aromatic nitrogens is 1. The first-order valence-corrected chi connectivity index (χ1v) is 8.75. The van der Waals surface area contributed by atoms with Crippen LogP contribution in [0.4, 0.5) is 5.13 Å². The van der Waals surface area contributed by atoms with Crippen molar-refractivity contribution in [1.29, 1.82) is 0 Å². The first kappa shape index (κ1) is 15.8. The lowest BCUT2D eigenvalue weighted by atomic mass is 9.92. The van der Waals surface area contributed by atoms with E-state index in [4.69, 9.17) is 4.98 Å². The molecule has 3 unspecified atom stereocenters. The molecular weight excluding hydrogens is 266 g/mol. The van der Waals surface area contributed by atoms with Crippen LogP contribution in [0.15, 0.2) is 0 Å². The van der Waals surface area contributed by atoms with Crippen molar-refractivity contribution in [2.24, 2.45) is 11.8 Å². The molecule has 1 aliphatic heterocycles. The van der Waals surface area contributed by atoms with Gasteiger partial charge in [-0.05, 0) is 37.6 Å². The maximum absolute atomic E-state index is 5.00. The normalized spacial score (nSPS) is 24.9. The average molecular weight is 295 g/mol. The summed E-state index contributed by atoms with van der Waals surface area (Å²) in [4.78, 5) is 8.92. The van der Waals surface area contributed by atoms with Crippen LogP contribution < -0.4 is 10.2 Å². The summed E-state index contributed by atoms with van der Waals surface area (Å²) >= 11 is 1.89. The highest BCUT2D eigenvalue weighted by atomic mass is 32.1. The molecule has 1 saturated heterocycles. The second kappa shape index (κ2) is 6.90. The van der Waals surface area contributed by atoms with Gasteiger partial charge in [0.05, 0.1) is 5.69 Å². The Balaban J connectivity index is 2.23. The summed E-state index contributed by atoms with van der Waals surface area (Å²) in [5.41, 5.74) is 1.31. The predicted octanol–water partition coefficient (Wildman–Crippen LogP) is 3.86. The van der Waals surface area contributed by atoms with Crippen molar-refractivity contribution in [2.75, 3.05) is 25.0 Å². The Labute approximate surface area is 127 Å². The largest absolute Gasteiger partial charge is 0.348 e. The fourth-order valence-electron chi connectivity index (χ4n) is 3.17. The van der Waals surface area contributed by atoms with E-state index in [-0.39, 0.29) is 0 Å². The number of hydrogen-bond donors (Lipinski definition) is 1. The number of thiazole rings is 1. The van der Waals surface area contributed by atoms with Crippen LogP contribution >= 0.6 is 11.3 Å². The molecule has 0 bridgehead atoms. The smallest absolute Gasteiger partial charge is 0.185 e. The Morgan fingerprint density at radius 2 is 2.00 bits per heavy atom. The molecule has 0 aliphatic carbocycles. The third-order valence-electron chi connectivity index (χ3n) is 4.27. The molecular formula is C16H29N3S. The Bertz CT molecular complexity index is 419. The fraction of sp³-hybridized carbons (Fsp3) is 0.812. The minimum atomic E-state index is 0.558. The van der Waals surface area contributed by atoms with Gasteiger partial charge in [-0.1, -0.05) is 27.7 Å². The Kier molecular flexibility index (Phi) is 5.44. The van der Waals surface area contributed by atoms with Crippen LogP contribution in [0.3, 0.4) is 0 Å². The molecule has 1 N–H and O–H groups in total. The maximum atomic E-state index is 5.00. The van der Waals surface area contributed by atoms with Gasteiger partial charge in [0.25, 0.3) is 0 Å². The predicted molar refractivity (Wildman–Crippen MR) is 88.7 cm³/mol. The van der Waals surface area contributed by atoms with E-state index in [1.807, 2.05) is 18.4 Å². The van der Waals surface area contributed by atoms with Crippen LogP contribution in [0.2, 0.25) is 0 Å². The molecule has 3 atom stereocenters. The Hall–Kier alpha value is -0.610. The summed E-state index contributed by atoms with van der Waals surface area (Å²) in [5.74, 6) is 2.12. The molecule has 0 aromatic carbocycles. The standard InChI is InChI=1S/C16H29N3S/c1-6-13(4)15-14(8-17-5)20-16(18-15)19-9-11(2)7-12(3)10-19/h11-13,17H,6-10H2,1-5H3. The van der Waals surface area contributed by atoms with Gasteiger partial charge < -0.3 is 10.2 Å². The van der Waals surface area contributed by atoms with Crippen LogP contribution in [-0.2, 0) is 6.54 Å². The van der Waals surface area contributed by atoms with E-state index in [9.17, 15) is 0 Å². The van der Waals surface area contributed by atoms with Gasteiger partial charge in [-0.3, -0.25) is 0 Å². The van der Waals surface area contributed by atoms with Crippen molar-refractivity contribution in [3.05, 3.63) is 10.6 Å². The van der Waals surface area contributed by atoms with Crippen molar-refractivity contribution in [1.82, 2.24) is 10.3 Å². The molecule has 1 aromatic rings. The van der Waals surface area contributed by atoms with Crippen molar-refractivity contribution < 1.29 is 0 Å². The first-order valence-electron chi connectivity index (χ1n) is 7.94. The molecule has 1 aromatic heterocycles. The van der Waals surface area contributed by atoms with E-state index in [2.05, 4.69) is 37.9 Å². The number of anilines is 1. The van der Waals surface area contributed by atoms with Crippen LogP contribution in [-0.4, -0.2) is 25.1 Å². The molecule has 3 nitrogen and oxygen atoms in total. The zero-order valence-corrected chi connectivity index (χ0v) is 14.4. The molecule has 1 fully saturated rings. The van der Waals surface area contributed by atoms with Crippen molar-refractivity contribution in [2.45, 2.75) is 53.0 Å². The SMILES string of the molecule is CCC(C)c1nc(N2CC(C)CC(C)C2)sc1CNC.